The second-order valence-corrected chi connectivity index (χ2v) is 8.29. The quantitative estimate of drug-likeness (QED) is 0.343. The topological polar surface area (TPSA) is 108 Å². The summed E-state index contributed by atoms with van der Waals surface area (Å²) in [6, 6.07) is 10.5. The molecular weight excluding hydrogens is 428 g/mol. The number of hydrogen-bond acceptors (Lipinski definition) is 6. The summed E-state index contributed by atoms with van der Waals surface area (Å²) < 4.78 is 5.14. The van der Waals surface area contributed by atoms with E-state index in [2.05, 4.69) is 30.9 Å². The van der Waals surface area contributed by atoms with Gasteiger partial charge < -0.3 is 25.4 Å². The van der Waals surface area contributed by atoms with E-state index in [0.717, 1.165) is 30.8 Å². The van der Waals surface area contributed by atoms with Crippen LogP contribution in [0, 0.1) is 5.92 Å². The molecule has 32 heavy (non-hydrogen) atoms. The van der Waals surface area contributed by atoms with E-state index in [1.807, 2.05) is 6.07 Å². The fourth-order valence-corrected chi connectivity index (χ4v) is 4.06. The van der Waals surface area contributed by atoms with Crippen LogP contribution in [0.2, 0.25) is 5.02 Å². The van der Waals surface area contributed by atoms with Crippen LogP contribution in [0.1, 0.15) is 23.4 Å². The molecule has 1 fully saturated rings. The van der Waals surface area contributed by atoms with E-state index in [-0.39, 0.29) is 11.7 Å². The summed E-state index contributed by atoms with van der Waals surface area (Å²) in [6.07, 6.45) is 5.62. The van der Waals surface area contributed by atoms with Crippen LogP contribution in [0.4, 0.5) is 11.4 Å². The third-order valence-corrected chi connectivity index (χ3v) is 5.94. The standard InChI is InChI=1S/C23H23ClN6O2/c24-18-4-3-15(28-23(31)20-2-1-9-32-20)10-17(18)21-29-19-11-16(13-27-22(19)30-21)26-12-14-5-7-25-8-6-14/h1-4,9-11,13-14,25-26H,5-8,12H2,(H,28,31)(H,27,29,30). The van der Waals surface area contributed by atoms with Gasteiger partial charge in [-0.1, -0.05) is 11.6 Å². The minimum Gasteiger partial charge on any atom is -0.459 e. The van der Waals surface area contributed by atoms with E-state index < -0.39 is 0 Å². The first-order valence-electron chi connectivity index (χ1n) is 10.6. The molecule has 0 atom stereocenters. The van der Waals surface area contributed by atoms with Gasteiger partial charge in [-0.3, -0.25) is 4.79 Å². The van der Waals surface area contributed by atoms with Crippen molar-refractivity contribution >= 4 is 40.0 Å². The van der Waals surface area contributed by atoms with Crippen LogP contribution in [-0.2, 0) is 0 Å². The Morgan fingerprint density at radius 1 is 1.19 bits per heavy atom. The molecule has 0 aliphatic carbocycles. The number of fused-ring (bicyclic) bond motifs is 1. The highest BCUT2D eigenvalue weighted by atomic mass is 35.5. The van der Waals surface area contributed by atoms with Gasteiger partial charge in [0.1, 0.15) is 5.82 Å². The van der Waals surface area contributed by atoms with Gasteiger partial charge in [-0.2, -0.15) is 0 Å². The Labute approximate surface area is 189 Å². The van der Waals surface area contributed by atoms with Crippen molar-refractivity contribution in [3.8, 4) is 11.4 Å². The van der Waals surface area contributed by atoms with Gasteiger partial charge in [-0.05, 0) is 68.2 Å². The molecule has 3 aromatic heterocycles. The van der Waals surface area contributed by atoms with Crippen molar-refractivity contribution in [2.24, 2.45) is 5.92 Å². The number of carbonyl (C=O) groups excluding carboxylic acids is 1. The second-order valence-electron chi connectivity index (χ2n) is 7.88. The Balaban J connectivity index is 1.35. The molecule has 0 bridgehead atoms. The number of nitrogens with one attached hydrogen (secondary N) is 4. The molecule has 4 N–H and O–H groups in total. The summed E-state index contributed by atoms with van der Waals surface area (Å²) in [7, 11) is 0. The van der Waals surface area contributed by atoms with Gasteiger partial charge in [-0.25, -0.2) is 9.97 Å². The summed E-state index contributed by atoms with van der Waals surface area (Å²) in [5.41, 5.74) is 3.64. The molecule has 4 heterocycles. The van der Waals surface area contributed by atoms with Crippen molar-refractivity contribution in [2.45, 2.75) is 12.8 Å². The predicted octanol–water partition coefficient (Wildman–Crippen LogP) is 4.54. The van der Waals surface area contributed by atoms with Gasteiger partial charge in [0.2, 0.25) is 0 Å². The van der Waals surface area contributed by atoms with Crippen LogP contribution >= 0.6 is 11.6 Å². The first-order valence-corrected chi connectivity index (χ1v) is 11.0. The van der Waals surface area contributed by atoms with Crippen LogP contribution in [0.5, 0.6) is 0 Å². The monoisotopic (exact) mass is 450 g/mol. The van der Waals surface area contributed by atoms with Crippen molar-refractivity contribution in [1.82, 2.24) is 20.3 Å². The van der Waals surface area contributed by atoms with Crippen molar-refractivity contribution in [2.75, 3.05) is 30.3 Å². The number of amides is 1. The minimum atomic E-state index is -0.334. The lowest BCUT2D eigenvalue weighted by molar-refractivity contribution is 0.0996. The third-order valence-electron chi connectivity index (χ3n) is 5.62. The van der Waals surface area contributed by atoms with Crippen molar-refractivity contribution in [1.29, 1.82) is 0 Å². The average Bonchev–Trinajstić information content (AvgIpc) is 3.49. The molecule has 8 nitrogen and oxygen atoms in total. The maximum Gasteiger partial charge on any atom is 0.291 e. The van der Waals surface area contributed by atoms with Crippen LogP contribution in [0.3, 0.4) is 0 Å². The molecular formula is C23H23ClN6O2. The summed E-state index contributed by atoms with van der Waals surface area (Å²) in [5, 5.41) is 10.2. The predicted molar refractivity (Wildman–Crippen MR) is 125 cm³/mol. The lowest BCUT2D eigenvalue weighted by Gasteiger charge is -2.23. The number of carbonyl (C=O) groups is 1. The Bertz CT molecular complexity index is 1230. The summed E-state index contributed by atoms with van der Waals surface area (Å²) >= 11 is 6.43. The van der Waals surface area contributed by atoms with Gasteiger partial charge in [0, 0.05) is 17.8 Å². The average molecular weight is 451 g/mol. The normalized spacial score (nSPS) is 14.5. The number of aromatic nitrogens is 3. The highest BCUT2D eigenvalue weighted by Gasteiger charge is 2.15. The molecule has 5 rings (SSSR count). The second kappa shape index (κ2) is 9.02. The third kappa shape index (κ3) is 4.46. The minimum absolute atomic E-state index is 0.235. The maximum atomic E-state index is 12.3. The van der Waals surface area contributed by atoms with Crippen molar-refractivity contribution in [3.05, 3.63) is 59.6 Å². The van der Waals surface area contributed by atoms with Gasteiger partial charge in [0.25, 0.3) is 5.91 Å². The number of anilines is 2. The lowest BCUT2D eigenvalue weighted by atomic mass is 9.98. The van der Waals surface area contributed by atoms with Crippen molar-refractivity contribution in [3.63, 3.8) is 0 Å². The number of benzene rings is 1. The Morgan fingerprint density at radius 3 is 2.88 bits per heavy atom. The number of halogens is 1. The molecule has 9 heteroatoms. The zero-order valence-corrected chi connectivity index (χ0v) is 18.1. The molecule has 0 saturated carbocycles. The number of hydrogen-bond donors (Lipinski definition) is 4. The Hall–Kier alpha value is -3.36. The summed E-state index contributed by atoms with van der Waals surface area (Å²) in [5.74, 6) is 1.15. The van der Waals surface area contributed by atoms with E-state index in [4.69, 9.17) is 16.0 Å². The van der Waals surface area contributed by atoms with Crippen LogP contribution in [0.15, 0.2) is 53.3 Å². The van der Waals surface area contributed by atoms with Crippen LogP contribution in [-0.4, -0.2) is 40.5 Å². The zero-order valence-electron chi connectivity index (χ0n) is 17.3. The molecule has 0 spiro atoms. The molecule has 4 aromatic rings. The fourth-order valence-electron chi connectivity index (χ4n) is 3.86. The van der Waals surface area contributed by atoms with Crippen molar-refractivity contribution < 1.29 is 9.21 Å². The molecule has 1 aliphatic heterocycles. The summed E-state index contributed by atoms with van der Waals surface area (Å²) in [6.45, 7) is 3.09. The number of H-pyrrole nitrogens is 1. The number of pyridine rings is 1. The molecule has 1 aliphatic rings. The lowest BCUT2D eigenvalue weighted by Crippen LogP contribution is -2.31. The highest BCUT2D eigenvalue weighted by molar-refractivity contribution is 6.33. The number of nitrogens with zero attached hydrogens (tertiary/aromatic N) is 2. The van der Waals surface area contributed by atoms with Gasteiger partial charge >= 0.3 is 0 Å². The number of furan rings is 1. The van der Waals surface area contributed by atoms with E-state index >= 15 is 0 Å². The maximum absolute atomic E-state index is 12.3. The van der Waals surface area contributed by atoms with Gasteiger partial charge in [0.15, 0.2) is 11.4 Å². The molecule has 0 unspecified atom stereocenters. The zero-order chi connectivity index (χ0) is 21.9. The fraction of sp³-hybridized carbons (Fsp3) is 0.261. The van der Waals surface area contributed by atoms with E-state index in [1.54, 1.807) is 36.5 Å². The number of imidazole rings is 1. The molecule has 1 amide bonds. The van der Waals surface area contributed by atoms with Gasteiger partial charge in [0.05, 0.1) is 28.7 Å². The highest BCUT2D eigenvalue weighted by Crippen LogP contribution is 2.30. The van der Waals surface area contributed by atoms with E-state index in [9.17, 15) is 4.79 Å². The van der Waals surface area contributed by atoms with Crippen LogP contribution < -0.4 is 16.0 Å². The summed E-state index contributed by atoms with van der Waals surface area (Å²) in [4.78, 5) is 24.6. The Kier molecular flexibility index (Phi) is 5.79. The smallest absolute Gasteiger partial charge is 0.291 e. The number of rotatable bonds is 6. The molecule has 0 radical (unpaired) electrons. The molecule has 1 saturated heterocycles. The van der Waals surface area contributed by atoms with Crippen LogP contribution in [0.25, 0.3) is 22.6 Å². The molecule has 164 valence electrons. The first-order chi connectivity index (χ1) is 15.7. The first kappa shape index (κ1) is 20.5. The number of piperidine rings is 1. The van der Waals surface area contributed by atoms with Gasteiger partial charge in [-0.15, -0.1) is 0 Å². The van der Waals surface area contributed by atoms with E-state index in [0.29, 0.717) is 33.7 Å². The van der Waals surface area contributed by atoms with E-state index in [1.165, 1.54) is 19.1 Å². The number of aromatic amines is 1. The molecule has 1 aromatic carbocycles. The largest absolute Gasteiger partial charge is 0.459 e. The SMILES string of the molecule is O=C(Nc1ccc(Cl)c(-c2nc3ncc(NCC4CCNCC4)cc3[nH]2)c1)c1ccco1. The Morgan fingerprint density at radius 2 is 2.06 bits per heavy atom.